The third-order valence-electron chi connectivity index (χ3n) is 10.0. The Labute approximate surface area is 346 Å². The summed E-state index contributed by atoms with van der Waals surface area (Å²) in [6.45, 7) is 4.58. The van der Waals surface area contributed by atoms with E-state index in [0.29, 0.717) is 17.4 Å². The van der Waals surface area contributed by atoms with E-state index in [1.54, 1.807) is 6.08 Å². The minimum atomic E-state index is -4.60. The molecule has 0 aliphatic carbocycles. The van der Waals surface area contributed by atoms with E-state index < -0.39 is 26.6 Å². The predicted molar refractivity (Wildman–Crippen MR) is 238 cm³/mol. The van der Waals surface area contributed by atoms with Crippen LogP contribution in [0.4, 0.5) is 0 Å². The first-order valence-corrected chi connectivity index (χ1v) is 24.5. The Morgan fingerprint density at radius 1 is 0.625 bits per heavy atom. The minimum Gasteiger partial charge on any atom is -0.756 e. The molecule has 3 atom stereocenters. The standard InChI is InChI=1S/C47H89N2O6P/c1-6-8-10-12-14-16-18-20-22-23-24-25-27-28-30-32-34-36-38-40-46(50)45(44-55-56(52,53)54-43-42-49(3,4)5)48-47(51)41-39-37-35-33-31-29-26-21-19-17-15-13-11-9-7-2/h15,17,19,21,30,32,38,40,45-46,50H,6-14,16,18,20,22-29,31,33-37,39,41-44H2,1-5H3,(H-,48,51,52,53)/b17-15-,21-19-,32-30+,40-38+. The molecule has 56 heavy (non-hydrogen) atoms. The zero-order valence-corrected chi connectivity index (χ0v) is 38.0. The van der Waals surface area contributed by atoms with Gasteiger partial charge in [-0.15, -0.1) is 0 Å². The number of hydrogen-bond acceptors (Lipinski definition) is 6. The molecule has 0 aliphatic rings. The summed E-state index contributed by atoms with van der Waals surface area (Å²) in [5.74, 6) is -0.221. The number of aliphatic hydroxyl groups excluding tert-OH is 1. The van der Waals surface area contributed by atoms with Crippen LogP contribution in [0.3, 0.4) is 0 Å². The number of carbonyl (C=O) groups is 1. The molecule has 8 nitrogen and oxygen atoms in total. The van der Waals surface area contributed by atoms with Gasteiger partial charge >= 0.3 is 0 Å². The second-order valence-corrected chi connectivity index (χ2v) is 18.2. The smallest absolute Gasteiger partial charge is 0.268 e. The van der Waals surface area contributed by atoms with Gasteiger partial charge in [-0.05, 0) is 57.8 Å². The Morgan fingerprint density at radius 3 is 1.59 bits per heavy atom. The number of amides is 1. The van der Waals surface area contributed by atoms with Crippen LogP contribution in [0.5, 0.6) is 0 Å². The molecule has 1 amide bonds. The molecule has 0 saturated carbocycles. The van der Waals surface area contributed by atoms with Gasteiger partial charge in [0.1, 0.15) is 13.2 Å². The van der Waals surface area contributed by atoms with Crippen molar-refractivity contribution in [1.82, 2.24) is 5.32 Å². The predicted octanol–water partition coefficient (Wildman–Crippen LogP) is 12.2. The van der Waals surface area contributed by atoms with Gasteiger partial charge in [0.2, 0.25) is 5.91 Å². The fraction of sp³-hybridized carbons (Fsp3) is 0.809. The van der Waals surface area contributed by atoms with Crippen LogP contribution in [0.2, 0.25) is 0 Å². The topological polar surface area (TPSA) is 108 Å². The first kappa shape index (κ1) is 54.5. The molecule has 0 spiro atoms. The number of hydrogen-bond donors (Lipinski definition) is 2. The molecule has 0 aromatic rings. The van der Waals surface area contributed by atoms with E-state index in [1.165, 1.54) is 116 Å². The highest BCUT2D eigenvalue weighted by Crippen LogP contribution is 2.38. The largest absolute Gasteiger partial charge is 0.756 e. The van der Waals surface area contributed by atoms with Gasteiger partial charge in [-0.2, -0.15) is 0 Å². The summed E-state index contributed by atoms with van der Waals surface area (Å²) in [5, 5.41) is 13.8. The Balaban J connectivity index is 4.47. The van der Waals surface area contributed by atoms with Crippen LogP contribution in [-0.2, 0) is 18.4 Å². The summed E-state index contributed by atoms with van der Waals surface area (Å²) in [5.41, 5.74) is 0. The summed E-state index contributed by atoms with van der Waals surface area (Å²) in [7, 11) is 1.23. The van der Waals surface area contributed by atoms with Crippen LogP contribution in [0.15, 0.2) is 48.6 Å². The number of nitrogens with zero attached hydrogens (tertiary/aromatic N) is 1. The summed E-state index contributed by atoms with van der Waals surface area (Å²) in [6, 6.07) is -0.909. The number of phosphoric acid groups is 1. The van der Waals surface area contributed by atoms with E-state index in [-0.39, 0.29) is 12.5 Å². The van der Waals surface area contributed by atoms with Crippen LogP contribution in [-0.4, -0.2) is 68.5 Å². The van der Waals surface area contributed by atoms with Crippen LogP contribution in [0, 0.1) is 0 Å². The molecule has 0 aliphatic heterocycles. The van der Waals surface area contributed by atoms with Gasteiger partial charge in [-0.25, -0.2) is 0 Å². The van der Waals surface area contributed by atoms with Gasteiger partial charge < -0.3 is 28.8 Å². The third kappa shape index (κ3) is 40.6. The van der Waals surface area contributed by atoms with Crippen molar-refractivity contribution in [2.75, 3.05) is 40.9 Å². The highest BCUT2D eigenvalue weighted by molar-refractivity contribution is 7.45. The van der Waals surface area contributed by atoms with E-state index in [9.17, 15) is 19.4 Å². The molecule has 0 heterocycles. The minimum absolute atomic E-state index is 0.0100. The van der Waals surface area contributed by atoms with Crippen LogP contribution in [0.25, 0.3) is 0 Å². The van der Waals surface area contributed by atoms with E-state index >= 15 is 0 Å². The molecule has 0 bridgehead atoms. The molecule has 0 rings (SSSR count). The Hall–Kier alpha value is -1.54. The van der Waals surface area contributed by atoms with Crippen LogP contribution < -0.4 is 10.2 Å². The maximum Gasteiger partial charge on any atom is 0.268 e. The van der Waals surface area contributed by atoms with Crippen molar-refractivity contribution >= 4 is 13.7 Å². The van der Waals surface area contributed by atoms with E-state index in [1.807, 2.05) is 27.2 Å². The molecule has 0 saturated heterocycles. The molecule has 9 heteroatoms. The summed E-state index contributed by atoms with van der Waals surface area (Å²) in [6.07, 6.45) is 48.7. The van der Waals surface area contributed by atoms with Gasteiger partial charge in [0.15, 0.2) is 0 Å². The van der Waals surface area contributed by atoms with Gasteiger partial charge in [-0.1, -0.05) is 178 Å². The number of carbonyl (C=O) groups excluding carboxylic acids is 1. The maximum atomic E-state index is 12.8. The van der Waals surface area contributed by atoms with Gasteiger partial charge in [0, 0.05) is 6.42 Å². The lowest BCUT2D eigenvalue weighted by atomic mass is 10.0. The highest BCUT2D eigenvalue weighted by atomic mass is 31.2. The number of nitrogens with one attached hydrogen (secondary N) is 1. The van der Waals surface area contributed by atoms with Crippen molar-refractivity contribution < 1.29 is 32.9 Å². The average molecular weight is 809 g/mol. The second kappa shape index (κ2) is 38.9. The summed E-state index contributed by atoms with van der Waals surface area (Å²) in [4.78, 5) is 25.3. The van der Waals surface area contributed by atoms with E-state index in [0.717, 1.165) is 57.8 Å². The number of unbranched alkanes of at least 4 members (excludes halogenated alkanes) is 23. The molecular formula is C47H89N2O6P. The lowest BCUT2D eigenvalue weighted by Gasteiger charge is -2.29. The second-order valence-electron chi connectivity index (χ2n) is 16.8. The van der Waals surface area contributed by atoms with Crippen molar-refractivity contribution in [3.8, 4) is 0 Å². The van der Waals surface area contributed by atoms with Gasteiger partial charge in [-0.3, -0.25) is 9.36 Å². The fourth-order valence-corrected chi connectivity index (χ4v) is 7.06. The Morgan fingerprint density at radius 2 is 1.05 bits per heavy atom. The monoisotopic (exact) mass is 809 g/mol. The molecule has 0 aromatic carbocycles. The summed E-state index contributed by atoms with van der Waals surface area (Å²) >= 11 is 0. The van der Waals surface area contributed by atoms with Crippen molar-refractivity contribution in [1.29, 1.82) is 0 Å². The number of allylic oxidation sites excluding steroid dienone is 7. The van der Waals surface area contributed by atoms with Crippen LogP contribution >= 0.6 is 7.82 Å². The first-order valence-electron chi connectivity index (χ1n) is 23.0. The van der Waals surface area contributed by atoms with E-state index in [2.05, 4.69) is 55.6 Å². The highest BCUT2D eigenvalue weighted by Gasteiger charge is 2.23. The van der Waals surface area contributed by atoms with Crippen molar-refractivity contribution in [3.63, 3.8) is 0 Å². The molecule has 0 fully saturated rings. The zero-order valence-electron chi connectivity index (χ0n) is 37.1. The Bertz CT molecular complexity index is 1050. The Kier molecular flexibility index (Phi) is 37.9. The summed E-state index contributed by atoms with van der Waals surface area (Å²) < 4.78 is 23.2. The average Bonchev–Trinajstić information content (AvgIpc) is 3.15. The normalized spacial score (nSPS) is 14.8. The van der Waals surface area contributed by atoms with Crippen LogP contribution in [0.1, 0.15) is 194 Å². The molecule has 0 aromatic heterocycles. The number of likely N-dealkylation sites (N-methyl/N-ethyl adjacent to an activating group) is 1. The number of quaternary nitrogens is 1. The first-order chi connectivity index (χ1) is 27.0. The van der Waals surface area contributed by atoms with E-state index in [4.69, 9.17) is 9.05 Å². The van der Waals surface area contributed by atoms with Crippen molar-refractivity contribution in [2.24, 2.45) is 0 Å². The zero-order chi connectivity index (χ0) is 41.4. The van der Waals surface area contributed by atoms with Gasteiger partial charge in [0.25, 0.3) is 7.82 Å². The van der Waals surface area contributed by atoms with Crippen molar-refractivity contribution in [3.05, 3.63) is 48.6 Å². The maximum absolute atomic E-state index is 12.8. The number of aliphatic hydroxyl groups is 1. The number of phosphoric ester groups is 1. The molecule has 3 unspecified atom stereocenters. The molecule has 328 valence electrons. The van der Waals surface area contributed by atoms with Crippen molar-refractivity contribution in [2.45, 2.75) is 206 Å². The van der Waals surface area contributed by atoms with Gasteiger partial charge in [0.05, 0.1) is 39.9 Å². The molecular weight excluding hydrogens is 719 g/mol. The number of rotatable bonds is 41. The third-order valence-corrected chi connectivity index (χ3v) is 11.0. The SMILES string of the molecule is CCCCC/C=C\C=C/CCCCCCCCC(=O)NC(COP(=O)([O-])OCC[N+](C)(C)C)C(O)/C=C/CC/C=C/CCCCCCCCCCCCCCC. The molecule has 2 N–H and O–H groups in total. The quantitative estimate of drug-likeness (QED) is 0.0209. The lowest BCUT2D eigenvalue weighted by molar-refractivity contribution is -0.870. The lowest BCUT2D eigenvalue weighted by Crippen LogP contribution is -2.45. The fourth-order valence-electron chi connectivity index (χ4n) is 6.33. The molecule has 0 radical (unpaired) electrons.